The second-order valence-electron chi connectivity index (χ2n) is 9.89. The van der Waals surface area contributed by atoms with Crippen LogP contribution in [0.25, 0.3) is 0 Å². The quantitative estimate of drug-likeness (QED) is 0.125. The van der Waals surface area contributed by atoms with Crippen LogP contribution in [0, 0.1) is 13.8 Å². The van der Waals surface area contributed by atoms with Crippen LogP contribution in [-0.2, 0) is 16.4 Å². The van der Waals surface area contributed by atoms with Gasteiger partial charge in [-0.15, -0.1) is 0 Å². The number of nitrogens with zero attached hydrogens (tertiary/aromatic N) is 3. The molecule has 0 atom stereocenters. The van der Waals surface area contributed by atoms with Gasteiger partial charge in [-0.3, -0.25) is 5.43 Å². The lowest BCUT2D eigenvalue weighted by Gasteiger charge is -2.25. The second-order valence-corrected chi connectivity index (χ2v) is 12.6. The van der Waals surface area contributed by atoms with E-state index in [2.05, 4.69) is 55.7 Å². The van der Waals surface area contributed by atoms with E-state index in [4.69, 9.17) is 15.1 Å². The van der Waals surface area contributed by atoms with E-state index in [0.29, 0.717) is 11.6 Å². The van der Waals surface area contributed by atoms with Crippen LogP contribution in [0.15, 0.2) is 93.5 Å². The Balaban J connectivity index is 1.60. The maximum atomic E-state index is 11.8. The van der Waals surface area contributed by atoms with Crippen molar-refractivity contribution in [3.63, 3.8) is 0 Å². The lowest BCUT2D eigenvalue weighted by Crippen LogP contribution is -2.27. The van der Waals surface area contributed by atoms with E-state index in [1.54, 1.807) is 28.9 Å². The summed E-state index contributed by atoms with van der Waals surface area (Å²) >= 11 is 1.71. The number of unbranched alkanes of at least 4 members (excludes halogenated alkanes) is 4. The average Bonchev–Trinajstić information content (AvgIpc) is 2.92. The summed E-state index contributed by atoms with van der Waals surface area (Å²) in [7, 11) is -3.81. The summed E-state index contributed by atoms with van der Waals surface area (Å²) in [4.78, 5) is 12.0. The van der Waals surface area contributed by atoms with Crippen molar-refractivity contribution in [2.24, 2.45) is 5.14 Å². The van der Waals surface area contributed by atoms with Crippen molar-refractivity contribution in [2.45, 2.75) is 74.0 Å². The lowest BCUT2D eigenvalue weighted by atomic mass is 10.1. The molecule has 0 aliphatic rings. The minimum absolute atomic E-state index is 0.0478. The summed E-state index contributed by atoms with van der Waals surface area (Å²) in [5, 5.41) is 7.11. The summed E-state index contributed by atoms with van der Waals surface area (Å²) in [6, 6.07) is 25.0. The fourth-order valence-corrected chi connectivity index (χ4v) is 5.76. The molecule has 0 aliphatic carbocycles. The Morgan fingerprint density at radius 2 is 1.57 bits per heavy atom. The zero-order valence-electron chi connectivity index (χ0n) is 23.3. The van der Waals surface area contributed by atoms with Gasteiger partial charge < -0.3 is 0 Å². The molecular formula is C31H37N5O2S2. The maximum absolute atomic E-state index is 11.8. The number of nitrogens with two attached hydrogens (primary N) is 1. The van der Waals surface area contributed by atoms with E-state index in [-0.39, 0.29) is 4.90 Å². The van der Waals surface area contributed by atoms with Crippen LogP contribution in [0.1, 0.15) is 56.0 Å². The van der Waals surface area contributed by atoms with Crippen molar-refractivity contribution in [3.8, 4) is 0 Å². The largest absolute Gasteiger partial charge is 0.291 e. The Bertz CT molecular complexity index is 1510. The third-order valence-corrected chi connectivity index (χ3v) is 8.30. The van der Waals surface area contributed by atoms with Gasteiger partial charge in [-0.2, -0.15) is 0 Å². The molecule has 0 fully saturated rings. The molecule has 0 unspecified atom stereocenters. The fraction of sp³-hybridized carbons (Fsp3) is 0.290. The van der Waals surface area contributed by atoms with Crippen molar-refractivity contribution in [2.75, 3.05) is 10.4 Å². The van der Waals surface area contributed by atoms with Gasteiger partial charge in [0.2, 0.25) is 16.0 Å². The van der Waals surface area contributed by atoms with Crippen molar-refractivity contribution in [1.29, 1.82) is 0 Å². The first-order chi connectivity index (χ1) is 19.2. The molecule has 7 nitrogen and oxygen atoms in total. The Morgan fingerprint density at radius 3 is 2.25 bits per heavy atom. The molecule has 1 heterocycles. The number of benzene rings is 3. The highest BCUT2D eigenvalue weighted by molar-refractivity contribution is 7.99. The van der Waals surface area contributed by atoms with Gasteiger partial charge in [0.15, 0.2) is 0 Å². The Kier molecular flexibility index (Phi) is 10.2. The van der Waals surface area contributed by atoms with Crippen LogP contribution in [0.4, 0.5) is 17.3 Å². The Hall–Kier alpha value is -3.40. The highest BCUT2D eigenvalue weighted by atomic mass is 32.2. The number of primary sulfonamides is 1. The third-order valence-electron chi connectivity index (χ3n) is 6.38. The van der Waals surface area contributed by atoms with Gasteiger partial charge in [-0.05, 0) is 93.4 Å². The minimum atomic E-state index is -3.81. The van der Waals surface area contributed by atoms with Gasteiger partial charge >= 0.3 is 0 Å². The number of nitrogens with one attached hydrogen (secondary N) is 1. The van der Waals surface area contributed by atoms with Gasteiger partial charge in [-0.1, -0.05) is 62.1 Å². The molecule has 3 aromatic carbocycles. The van der Waals surface area contributed by atoms with Crippen LogP contribution in [0.5, 0.6) is 0 Å². The van der Waals surface area contributed by atoms with Crippen molar-refractivity contribution in [1.82, 2.24) is 9.97 Å². The number of aromatic nitrogens is 2. The topological polar surface area (TPSA) is 101 Å². The van der Waals surface area contributed by atoms with E-state index in [0.717, 1.165) is 34.8 Å². The molecule has 40 heavy (non-hydrogen) atoms. The number of hydrogen-bond acceptors (Lipinski definition) is 7. The lowest BCUT2D eigenvalue weighted by molar-refractivity contribution is 0.598. The number of hydrogen-bond donors (Lipinski definition) is 2. The Morgan fingerprint density at radius 1 is 0.850 bits per heavy atom. The second kappa shape index (κ2) is 13.8. The molecular weight excluding hydrogens is 539 g/mol. The number of rotatable bonds is 13. The molecule has 0 amide bonds. The standard InChI is InChI=1S/C31H37N5O2S2/c1-4-5-6-7-8-11-26-22-24(3)33-31(34-26)36(27-15-19-30(20-16-27)40(32,37)38)35-25-13-17-28(18-14-25)39-29-12-9-10-23(2)21-29/h9-10,12-22,35H,4-8,11H2,1-3H3,(H2,32,37,38). The van der Waals surface area contributed by atoms with Crippen LogP contribution in [0.3, 0.4) is 0 Å². The molecule has 9 heteroatoms. The number of hydrazine groups is 1. The van der Waals surface area contributed by atoms with Crippen molar-refractivity contribution in [3.05, 3.63) is 95.8 Å². The number of sulfonamides is 1. The van der Waals surface area contributed by atoms with E-state index in [1.807, 2.05) is 25.1 Å². The van der Waals surface area contributed by atoms with E-state index in [1.165, 1.54) is 48.3 Å². The predicted octanol–water partition coefficient (Wildman–Crippen LogP) is 7.57. The molecule has 0 radical (unpaired) electrons. The number of aryl methyl sites for hydroxylation is 3. The van der Waals surface area contributed by atoms with Gasteiger partial charge in [0.1, 0.15) is 0 Å². The fourth-order valence-electron chi connectivity index (χ4n) is 4.31. The van der Waals surface area contributed by atoms with Gasteiger partial charge in [0.25, 0.3) is 0 Å². The summed E-state index contributed by atoms with van der Waals surface area (Å²) in [6.07, 6.45) is 6.83. The average molecular weight is 576 g/mol. The molecule has 0 spiro atoms. The van der Waals surface area contributed by atoms with Gasteiger partial charge in [0.05, 0.1) is 16.3 Å². The molecule has 4 rings (SSSR count). The minimum Gasteiger partial charge on any atom is -0.291 e. The molecule has 210 valence electrons. The Labute approximate surface area is 242 Å². The van der Waals surface area contributed by atoms with E-state index in [9.17, 15) is 8.42 Å². The monoisotopic (exact) mass is 575 g/mol. The summed E-state index contributed by atoms with van der Waals surface area (Å²) in [5.74, 6) is 0.491. The van der Waals surface area contributed by atoms with Crippen molar-refractivity contribution < 1.29 is 8.42 Å². The van der Waals surface area contributed by atoms with Crippen LogP contribution < -0.4 is 15.6 Å². The molecule has 1 aromatic heterocycles. The highest BCUT2D eigenvalue weighted by Gasteiger charge is 2.17. The van der Waals surface area contributed by atoms with E-state index >= 15 is 0 Å². The van der Waals surface area contributed by atoms with E-state index < -0.39 is 10.0 Å². The summed E-state index contributed by atoms with van der Waals surface area (Å²) in [5.41, 5.74) is 8.03. The first kappa shape index (κ1) is 29.6. The normalized spacial score (nSPS) is 11.4. The molecule has 0 saturated heterocycles. The SMILES string of the molecule is CCCCCCCc1cc(C)nc(N(Nc2ccc(Sc3cccc(C)c3)cc2)c2ccc(S(N)(=O)=O)cc2)n1. The smallest absolute Gasteiger partial charge is 0.249 e. The van der Waals surface area contributed by atoms with Crippen LogP contribution in [-0.4, -0.2) is 18.4 Å². The first-order valence-corrected chi connectivity index (χ1v) is 16.0. The van der Waals surface area contributed by atoms with Gasteiger partial charge in [-0.25, -0.2) is 28.5 Å². The number of anilines is 3. The molecule has 0 bridgehead atoms. The summed E-state index contributed by atoms with van der Waals surface area (Å²) < 4.78 is 23.7. The molecule has 0 aliphatic heterocycles. The maximum Gasteiger partial charge on any atom is 0.249 e. The van der Waals surface area contributed by atoms with Crippen LogP contribution >= 0.6 is 11.8 Å². The van der Waals surface area contributed by atoms with Crippen LogP contribution in [0.2, 0.25) is 0 Å². The zero-order valence-corrected chi connectivity index (χ0v) is 24.9. The highest BCUT2D eigenvalue weighted by Crippen LogP contribution is 2.30. The zero-order chi connectivity index (χ0) is 28.5. The predicted molar refractivity (Wildman–Crippen MR) is 165 cm³/mol. The third kappa shape index (κ3) is 8.55. The van der Waals surface area contributed by atoms with Gasteiger partial charge in [0, 0.05) is 21.2 Å². The summed E-state index contributed by atoms with van der Waals surface area (Å²) in [6.45, 7) is 6.27. The molecule has 0 saturated carbocycles. The van der Waals surface area contributed by atoms with Crippen molar-refractivity contribution >= 4 is 39.1 Å². The first-order valence-electron chi connectivity index (χ1n) is 13.6. The molecule has 4 aromatic rings. The molecule has 3 N–H and O–H groups in total.